The summed E-state index contributed by atoms with van der Waals surface area (Å²) < 4.78 is 17.0. The molecule has 0 saturated heterocycles. The zero-order chi connectivity index (χ0) is 92.0. The molecule has 718 valence electrons. The van der Waals surface area contributed by atoms with Crippen molar-refractivity contribution < 1.29 is 44.0 Å². The highest BCUT2D eigenvalue weighted by molar-refractivity contribution is 5.86. The Kier molecular flexibility index (Phi) is 24.9. The van der Waals surface area contributed by atoms with Crippen molar-refractivity contribution in [3.63, 3.8) is 0 Å². The second-order valence-electron chi connectivity index (χ2n) is 48.5. The third-order valence-corrected chi connectivity index (χ3v) is 43.3. The smallest absolute Gasteiger partial charge is 0.159 e. The number of carbonyl (C=O) groups is 4. The Morgan fingerprint density at radius 1 is 0.331 bits per heavy atom. The van der Waals surface area contributed by atoms with E-state index in [2.05, 4.69) is 101 Å². The molecule has 133 heavy (non-hydrogen) atoms. The minimum Gasteiger partial charge on any atom is -0.390 e. The number of benzene rings is 3. The molecule has 8 aromatic rings. The molecule has 4 N–H and O–H groups in total. The Bertz CT molecular complexity index is 5350. The van der Waals surface area contributed by atoms with Crippen LogP contribution >= 0.6 is 0 Å². The number of carbonyl (C=O) groups excluding carboxylic acids is 4. The fraction of sp³-hybridized carbons (Fsp3) is 0.757. The monoisotopic (exact) mass is 1820 g/mol. The van der Waals surface area contributed by atoms with Crippen LogP contribution in [0.15, 0.2) is 85.2 Å². The van der Waals surface area contributed by atoms with E-state index >= 15 is 0 Å². The normalized spacial score (nSPS) is 42.3. The summed E-state index contributed by atoms with van der Waals surface area (Å²) in [5, 5.41) is 78.5. The lowest BCUT2D eigenvalue weighted by Gasteiger charge is -2.57. The SMILES string of the molecule is CC[C@@]1(O)CC[C@H]2[C@@H](CC[C@@H]3[C@@H]2CC[C@]2(C)[C@@H](C(=O)Cn4nc5ccccc5n4)CC[C@@H]32)C1.CC[C@@]1(O)CC[C@H]2[C@@H](CC[C@@H]3[C@@H]2CC[C@]2(C)[C@@H](C(=O)Cn4nc5ccncc5n4)CC[C@@H]32)C1.CC[C@@]1(O)CC[C@H]2[C@@H](CC[C@@H]3[C@@H]2CC[C@]2(C)[C@@H](C(=O)Cn4nnc5cc(F)ccc54)CC[C@@H]32)C1.CC[C@@]1(O)CC[C@H]2[C@@H](CC[C@@H]3[C@@H]2CC[C@]2(C)[C@@H](C(=O)Cn4nnc5ccccc54)CC[C@@H]32)C1. The van der Waals surface area contributed by atoms with Gasteiger partial charge in [-0.05, 0) is 439 Å². The van der Waals surface area contributed by atoms with E-state index in [1.54, 1.807) is 32.7 Å². The molecular weight excluding hydrogens is 1660 g/mol. The lowest BCUT2D eigenvalue weighted by Crippen LogP contribution is -2.51. The van der Waals surface area contributed by atoms with Crippen LogP contribution in [-0.4, -0.2) is 131 Å². The lowest BCUT2D eigenvalue weighted by molar-refractivity contribution is -0.134. The highest BCUT2D eigenvalue weighted by Crippen LogP contribution is 2.71. The Labute approximate surface area is 787 Å². The molecule has 0 spiro atoms. The summed E-state index contributed by atoms with van der Waals surface area (Å²) in [6.45, 7) is 19.4. The van der Waals surface area contributed by atoms with E-state index in [1.165, 1.54) is 153 Å². The highest BCUT2D eigenvalue weighted by Gasteiger charge is 2.65. The Hall–Kier alpha value is -7.14. The van der Waals surface area contributed by atoms with Crippen molar-refractivity contribution in [3.05, 3.63) is 91.0 Å². The second kappa shape index (κ2) is 35.9. The van der Waals surface area contributed by atoms with E-state index in [-0.39, 0.29) is 70.0 Å². The van der Waals surface area contributed by atoms with Crippen molar-refractivity contribution in [3.8, 4) is 0 Å². The molecule has 22 heteroatoms. The molecule has 0 bridgehead atoms. The molecule has 0 radical (unpaired) electrons. The van der Waals surface area contributed by atoms with E-state index in [1.807, 2.05) is 59.3 Å². The summed E-state index contributed by atoms with van der Waals surface area (Å²) in [5.41, 5.74) is 5.13. The third kappa shape index (κ3) is 16.6. The Balaban J connectivity index is 0.000000107. The van der Waals surface area contributed by atoms with Gasteiger partial charge in [0.05, 0.1) is 39.6 Å². The maximum atomic E-state index is 13.6. The molecule has 5 aromatic heterocycles. The van der Waals surface area contributed by atoms with Gasteiger partial charge in [0.15, 0.2) is 23.1 Å². The van der Waals surface area contributed by atoms with Gasteiger partial charge in [-0.2, -0.15) is 30.0 Å². The highest BCUT2D eigenvalue weighted by atomic mass is 19.1. The zero-order valence-electron chi connectivity index (χ0n) is 81.2. The summed E-state index contributed by atoms with van der Waals surface area (Å²) in [5.74, 6) is 16.4. The minimum atomic E-state index is -0.431. The number of hydrogen-bond donors (Lipinski definition) is 4. The summed E-state index contributed by atoms with van der Waals surface area (Å²) in [4.78, 5) is 61.5. The summed E-state index contributed by atoms with van der Waals surface area (Å²) in [6.07, 6.45) is 48.6. The number of para-hydroxylation sites is 1. The first-order valence-electron chi connectivity index (χ1n) is 53.8. The van der Waals surface area contributed by atoms with Gasteiger partial charge in [-0.1, -0.05) is 90.1 Å². The maximum Gasteiger partial charge on any atom is 0.159 e. The average molecular weight is 1820 g/mol. The number of fused-ring (bicyclic) bond motifs is 24. The number of Topliss-reactive ketones (excluding diaryl/α,β-unsaturated/α-hetero) is 4. The van der Waals surface area contributed by atoms with Crippen LogP contribution in [0.25, 0.3) is 44.1 Å². The molecule has 16 aliphatic rings. The van der Waals surface area contributed by atoms with Crippen LogP contribution in [0.5, 0.6) is 0 Å². The van der Waals surface area contributed by atoms with E-state index in [0.29, 0.717) is 83.3 Å². The van der Waals surface area contributed by atoms with Crippen molar-refractivity contribution >= 4 is 67.3 Å². The lowest BCUT2D eigenvalue weighted by atomic mass is 9.48. The Morgan fingerprint density at radius 2 is 0.639 bits per heavy atom. The number of halogens is 1. The number of aromatic nitrogens is 13. The topological polar surface area (TPSA) is 285 Å². The fourth-order valence-corrected chi connectivity index (χ4v) is 36.2. The van der Waals surface area contributed by atoms with Gasteiger partial charge in [0.1, 0.15) is 65.1 Å². The number of aliphatic hydroxyl groups is 4. The summed E-state index contributed by atoms with van der Waals surface area (Å²) in [7, 11) is 0. The molecule has 5 heterocycles. The second-order valence-corrected chi connectivity index (χ2v) is 48.5. The Morgan fingerprint density at radius 3 is 0.992 bits per heavy atom. The predicted octanol–water partition coefficient (Wildman–Crippen LogP) is 21.2. The summed E-state index contributed by atoms with van der Waals surface area (Å²) >= 11 is 0. The van der Waals surface area contributed by atoms with Crippen molar-refractivity contribution in [2.45, 2.75) is 361 Å². The van der Waals surface area contributed by atoms with Crippen molar-refractivity contribution in [1.82, 2.24) is 65.0 Å². The molecule has 16 fully saturated rings. The third-order valence-electron chi connectivity index (χ3n) is 43.3. The molecule has 0 unspecified atom stereocenters. The molecule has 21 nitrogen and oxygen atoms in total. The number of pyridine rings is 1. The molecular formula is C111H154FN13O8. The van der Waals surface area contributed by atoms with E-state index < -0.39 is 22.4 Å². The van der Waals surface area contributed by atoms with Crippen LogP contribution in [0.2, 0.25) is 0 Å². The molecule has 24 rings (SSSR count). The number of rotatable bonds is 16. The molecule has 3 aromatic carbocycles. The molecule has 16 saturated carbocycles. The fourth-order valence-electron chi connectivity index (χ4n) is 36.2. The van der Waals surface area contributed by atoms with Crippen LogP contribution in [0, 0.1) is 170 Å². The van der Waals surface area contributed by atoms with Gasteiger partial charge >= 0.3 is 0 Å². The molecule has 32 atom stereocenters. The van der Waals surface area contributed by atoms with Crippen LogP contribution in [0.3, 0.4) is 0 Å². The molecule has 0 amide bonds. The largest absolute Gasteiger partial charge is 0.390 e. The van der Waals surface area contributed by atoms with E-state index in [9.17, 15) is 44.0 Å². The van der Waals surface area contributed by atoms with Gasteiger partial charge in [-0.15, -0.1) is 10.2 Å². The first-order chi connectivity index (χ1) is 64.0. The first-order valence-corrected chi connectivity index (χ1v) is 53.8. The van der Waals surface area contributed by atoms with Crippen LogP contribution < -0.4 is 0 Å². The zero-order valence-corrected chi connectivity index (χ0v) is 81.2. The van der Waals surface area contributed by atoms with Crippen molar-refractivity contribution in [2.24, 2.45) is 164 Å². The summed E-state index contributed by atoms with van der Waals surface area (Å²) in [6, 6.07) is 22.1. The van der Waals surface area contributed by atoms with E-state index in [0.717, 1.165) is 225 Å². The molecule has 16 aliphatic carbocycles. The van der Waals surface area contributed by atoms with Crippen LogP contribution in [-0.2, 0) is 45.4 Å². The van der Waals surface area contributed by atoms with Crippen molar-refractivity contribution in [2.75, 3.05) is 0 Å². The quantitative estimate of drug-likeness (QED) is 0.0699. The van der Waals surface area contributed by atoms with Gasteiger partial charge in [0.2, 0.25) is 0 Å². The van der Waals surface area contributed by atoms with Crippen LogP contribution in [0.4, 0.5) is 4.39 Å². The average Bonchev–Trinajstić information content (AvgIpc) is 1.64. The number of hydrogen-bond acceptors (Lipinski definition) is 17. The maximum absolute atomic E-state index is 13.6. The van der Waals surface area contributed by atoms with Gasteiger partial charge < -0.3 is 20.4 Å². The van der Waals surface area contributed by atoms with E-state index in [4.69, 9.17) is 0 Å². The predicted molar refractivity (Wildman–Crippen MR) is 511 cm³/mol. The molecule has 0 aliphatic heterocycles. The van der Waals surface area contributed by atoms with Crippen LogP contribution in [0.1, 0.15) is 312 Å². The minimum absolute atomic E-state index is 0.0758. The van der Waals surface area contributed by atoms with Gasteiger partial charge in [0, 0.05) is 35.9 Å². The standard InChI is InChI=1S/C28H38FN3O2.2C28H39N3O2.C27H38N4O2/c1-3-28(34)13-11-19-17(15-28)4-6-21-20(19)10-12-27(2)22(21)7-8-23(27)26(33)16-32-25-9-5-18(29)14-24(25)30-31-32;1-3-28(33)15-13-19-18(16-28)8-9-21-20(19)12-14-27(2)22(21)10-11-23(27)26(32)17-31-25-7-5-4-6-24(25)29-30-31;1-3-28(33)15-13-19-18(16-28)8-9-21-20(19)12-14-27(2)22(21)10-11-23(27)26(32)17-31-29-24-6-4-5-7-25(24)30-31;1-3-27(33)12-9-18-17(14-27)4-5-20-19(18)8-11-26(2)21(20)6-7-22(26)25(32)16-31-29-23-10-13-28-15-24(23)30-31/h5,9,14,17,19-23,34H,3-4,6-8,10-13,15-16H2,1-2H3;2*4-7,18-23,33H,3,8-17H2,1-2H3;10,13,15,17-22,33H,3-9,11-12,14,16H2,1-2H3/t17-,19-,20+,21+,22-,23+,27-,28+;2*18-,19-,20+,21+,22-,23+,27-,28+;17-,18-,19+,20+,21-,22+,26-,27+/m0000/s1. The van der Waals surface area contributed by atoms with Gasteiger partial charge in [-0.3, -0.25) is 24.2 Å². The first kappa shape index (κ1) is 92.2. The van der Waals surface area contributed by atoms with Gasteiger partial charge in [-0.25, -0.2) is 13.8 Å². The number of ketones is 4. The van der Waals surface area contributed by atoms with Crippen molar-refractivity contribution in [1.29, 1.82) is 0 Å². The van der Waals surface area contributed by atoms with Gasteiger partial charge in [0.25, 0.3) is 0 Å². The number of nitrogens with zero attached hydrogens (tertiary/aromatic N) is 13.